The highest BCUT2D eigenvalue weighted by Crippen LogP contribution is 2.66. The Morgan fingerprint density at radius 2 is 2.04 bits per heavy atom. The molecule has 4 N–H and O–H groups in total. The molecule has 0 aliphatic heterocycles. The number of nitrogens with one attached hydrogen (secondary N) is 1. The largest absolute Gasteiger partial charge is 0.398 e. The van der Waals surface area contributed by atoms with E-state index in [1.165, 1.54) is 26.5 Å². The SMILES string of the molecule is CC(C)(F)c1cc(N)c(C=N)c(C2(O)C3CC4CC(C3)C2C4)c1. The number of nitrogens with two attached hydrogens (primary N) is 1. The maximum absolute atomic E-state index is 14.5. The summed E-state index contributed by atoms with van der Waals surface area (Å²) in [6.07, 6.45) is 5.59. The number of rotatable bonds is 3. The average molecular weight is 316 g/mol. The molecule has 4 bridgehead atoms. The van der Waals surface area contributed by atoms with Crippen molar-refractivity contribution in [2.24, 2.45) is 23.7 Å². The molecule has 1 aromatic carbocycles. The van der Waals surface area contributed by atoms with Crippen molar-refractivity contribution in [3.05, 3.63) is 28.8 Å². The van der Waals surface area contributed by atoms with Gasteiger partial charge in [-0.1, -0.05) is 0 Å². The van der Waals surface area contributed by atoms with E-state index in [0.717, 1.165) is 25.2 Å². The van der Waals surface area contributed by atoms with Crippen molar-refractivity contribution in [2.45, 2.75) is 50.8 Å². The fraction of sp³-hybridized carbons (Fsp3) is 0.632. The standard InChI is InChI=1S/C19H25FN2O/c1-18(2,20)12-7-16(14(9-21)17(22)8-12)19(23)13-4-10-3-11(6-13)15(19)5-10/h7-11,13,15,21,23H,3-6,22H2,1-2H3. The molecule has 4 heteroatoms. The van der Waals surface area contributed by atoms with Crippen LogP contribution in [0.15, 0.2) is 12.1 Å². The van der Waals surface area contributed by atoms with Crippen molar-refractivity contribution >= 4 is 11.9 Å². The number of nitrogen functional groups attached to an aromatic ring is 1. The minimum absolute atomic E-state index is 0.223. The lowest BCUT2D eigenvalue weighted by Gasteiger charge is -2.42. The van der Waals surface area contributed by atoms with Crippen molar-refractivity contribution in [1.29, 1.82) is 5.41 Å². The van der Waals surface area contributed by atoms with Gasteiger partial charge in [-0.05, 0) is 86.5 Å². The number of hydrogen-bond donors (Lipinski definition) is 3. The van der Waals surface area contributed by atoms with Gasteiger partial charge in [0, 0.05) is 17.5 Å². The Labute approximate surface area is 136 Å². The van der Waals surface area contributed by atoms with Crippen molar-refractivity contribution in [3.63, 3.8) is 0 Å². The molecule has 23 heavy (non-hydrogen) atoms. The molecule has 0 radical (unpaired) electrons. The molecule has 4 aliphatic carbocycles. The number of hydrogen-bond acceptors (Lipinski definition) is 3. The summed E-state index contributed by atoms with van der Waals surface area (Å²) < 4.78 is 14.5. The number of aliphatic hydroxyl groups is 1. The Morgan fingerprint density at radius 1 is 1.30 bits per heavy atom. The lowest BCUT2D eigenvalue weighted by Crippen LogP contribution is -2.41. The second-order valence-corrected chi connectivity index (χ2v) is 8.34. The van der Waals surface area contributed by atoms with Gasteiger partial charge in [-0.15, -0.1) is 0 Å². The van der Waals surface area contributed by atoms with Crippen LogP contribution in [0.2, 0.25) is 0 Å². The van der Waals surface area contributed by atoms with Gasteiger partial charge in [-0.2, -0.15) is 0 Å². The Morgan fingerprint density at radius 3 is 2.65 bits per heavy atom. The zero-order chi connectivity index (χ0) is 16.6. The van der Waals surface area contributed by atoms with E-state index >= 15 is 0 Å². The molecule has 5 atom stereocenters. The van der Waals surface area contributed by atoms with Crippen molar-refractivity contribution in [2.75, 3.05) is 5.73 Å². The highest BCUT2D eigenvalue weighted by atomic mass is 19.1. The summed E-state index contributed by atoms with van der Waals surface area (Å²) in [5.41, 5.74) is 5.79. The third kappa shape index (κ3) is 1.94. The molecule has 0 amide bonds. The maximum Gasteiger partial charge on any atom is 0.130 e. The number of alkyl halides is 1. The summed E-state index contributed by atoms with van der Waals surface area (Å²) in [7, 11) is 0. The van der Waals surface area contributed by atoms with Crippen molar-refractivity contribution < 1.29 is 9.50 Å². The molecule has 0 saturated heterocycles. The quantitative estimate of drug-likeness (QED) is 0.587. The Hall–Kier alpha value is -1.42. The minimum atomic E-state index is -1.52. The summed E-state index contributed by atoms with van der Waals surface area (Å²) >= 11 is 0. The summed E-state index contributed by atoms with van der Waals surface area (Å²) in [4.78, 5) is 0. The molecule has 0 aromatic heterocycles. The summed E-state index contributed by atoms with van der Waals surface area (Å²) in [5, 5.41) is 19.4. The zero-order valence-corrected chi connectivity index (χ0v) is 13.8. The summed E-state index contributed by atoms with van der Waals surface area (Å²) in [6.45, 7) is 3.01. The molecule has 4 saturated carbocycles. The fourth-order valence-electron chi connectivity index (χ4n) is 5.69. The normalized spacial score (nSPS) is 38.3. The van der Waals surface area contributed by atoms with E-state index in [1.54, 1.807) is 12.1 Å². The van der Waals surface area contributed by atoms with Gasteiger partial charge in [0.2, 0.25) is 0 Å². The van der Waals surface area contributed by atoms with Crippen molar-refractivity contribution in [1.82, 2.24) is 0 Å². The summed E-state index contributed by atoms with van der Waals surface area (Å²) in [6, 6.07) is 3.38. The highest BCUT2D eigenvalue weighted by molar-refractivity contribution is 5.88. The van der Waals surface area contributed by atoms with E-state index in [0.29, 0.717) is 28.3 Å². The first-order valence-corrected chi connectivity index (χ1v) is 8.61. The van der Waals surface area contributed by atoms with Gasteiger partial charge in [0.25, 0.3) is 0 Å². The number of anilines is 1. The van der Waals surface area contributed by atoms with E-state index in [4.69, 9.17) is 11.1 Å². The Bertz CT molecular complexity index is 677. The Balaban J connectivity index is 1.91. The number of benzene rings is 1. The first-order chi connectivity index (χ1) is 10.7. The van der Waals surface area contributed by atoms with Crippen LogP contribution >= 0.6 is 0 Å². The van der Waals surface area contributed by atoms with Crippen LogP contribution in [-0.4, -0.2) is 11.3 Å². The molecule has 0 heterocycles. The smallest absolute Gasteiger partial charge is 0.130 e. The second kappa shape index (κ2) is 4.56. The average Bonchev–Trinajstić information content (AvgIpc) is 2.87. The van der Waals surface area contributed by atoms with Crippen LogP contribution in [0.1, 0.15) is 56.2 Å². The lowest BCUT2D eigenvalue weighted by atomic mass is 9.67. The molecular weight excluding hydrogens is 291 g/mol. The van der Waals surface area contributed by atoms with Crippen LogP contribution in [0, 0.1) is 29.1 Å². The van der Waals surface area contributed by atoms with Crippen LogP contribution < -0.4 is 5.73 Å². The van der Waals surface area contributed by atoms with Gasteiger partial charge in [0.05, 0.1) is 5.60 Å². The van der Waals surface area contributed by atoms with E-state index in [2.05, 4.69) is 0 Å². The fourth-order valence-corrected chi connectivity index (χ4v) is 5.69. The van der Waals surface area contributed by atoms with Crippen LogP contribution in [-0.2, 0) is 11.3 Å². The molecular formula is C19H25FN2O. The van der Waals surface area contributed by atoms with E-state index < -0.39 is 11.3 Å². The number of halogens is 1. The second-order valence-electron chi connectivity index (χ2n) is 8.34. The topological polar surface area (TPSA) is 70.1 Å². The molecule has 5 unspecified atom stereocenters. The first kappa shape index (κ1) is 15.1. The first-order valence-electron chi connectivity index (χ1n) is 8.61. The van der Waals surface area contributed by atoms with Gasteiger partial charge in [-0.3, -0.25) is 0 Å². The van der Waals surface area contributed by atoms with Gasteiger partial charge in [-0.25, -0.2) is 4.39 Å². The van der Waals surface area contributed by atoms with E-state index in [-0.39, 0.29) is 11.8 Å². The molecule has 3 nitrogen and oxygen atoms in total. The molecule has 5 rings (SSSR count). The van der Waals surface area contributed by atoms with Gasteiger partial charge in [0.1, 0.15) is 5.67 Å². The lowest BCUT2D eigenvalue weighted by molar-refractivity contribution is -0.0699. The van der Waals surface area contributed by atoms with Crippen LogP contribution in [0.3, 0.4) is 0 Å². The van der Waals surface area contributed by atoms with E-state index in [1.807, 2.05) is 0 Å². The summed E-state index contributed by atoms with van der Waals surface area (Å²) in [5.74, 6) is 1.78. The van der Waals surface area contributed by atoms with E-state index in [9.17, 15) is 9.50 Å². The van der Waals surface area contributed by atoms with Gasteiger partial charge >= 0.3 is 0 Å². The predicted octanol–water partition coefficient (Wildman–Crippen LogP) is 3.72. The van der Waals surface area contributed by atoms with Crippen molar-refractivity contribution in [3.8, 4) is 0 Å². The van der Waals surface area contributed by atoms with Crippen LogP contribution in [0.25, 0.3) is 0 Å². The molecule has 0 spiro atoms. The third-order valence-corrected chi connectivity index (χ3v) is 6.66. The molecule has 4 fully saturated rings. The Kier molecular flexibility index (Phi) is 3.00. The van der Waals surface area contributed by atoms with Gasteiger partial charge < -0.3 is 16.2 Å². The van der Waals surface area contributed by atoms with Gasteiger partial charge in [0.15, 0.2) is 0 Å². The molecule has 1 aromatic rings. The highest BCUT2D eigenvalue weighted by Gasteiger charge is 2.63. The minimum Gasteiger partial charge on any atom is -0.398 e. The monoisotopic (exact) mass is 316 g/mol. The predicted molar refractivity (Wildman–Crippen MR) is 89.2 cm³/mol. The van der Waals surface area contributed by atoms with Crippen LogP contribution in [0.4, 0.5) is 10.1 Å². The molecule has 124 valence electrons. The molecule has 4 aliphatic rings. The maximum atomic E-state index is 14.5. The van der Waals surface area contributed by atoms with Crippen LogP contribution in [0.5, 0.6) is 0 Å². The zero-order valence-electron chi connectivity index (χ0n) is 13.8. The third-order valence-electron chi connectivity index (χ3n) is 6.66.